The number of ether oxygens (including phenoxy) is 7. The molecule has 1 unspecified atom stereocenters. The minimum Gasteiger partial charge on any atom is -0.490 e. The summed E-state index contributed by atoms with van der Waals surface area (Å²) < 4.78 is 39.7. The van der Waals surface area contributed by atoms with E-state index >= 15 is 0 Å². The molecule has 0 aliphatic rings. The number of esters is 4. The standard InChI is InChI=1S/C41H45N3O11S/c1-6-36(45)50-22-11-10-21-49-26-32(53-38(47)20-23-51-37(46)7-2)27-52-30-16-14-28(15-17-30)39(48)54-34-19-18-31(55-41(3,4)5)24-29(34)25-42-44-40-43-33-12-8-9-13-35(33)56-40/h6-9,12-19,24-25,32H,1-2,10-11,20-23,26-27H2,3-5H3,(H,43,44)/b42-25+. The number of rotatable bonds is 22. The zero-order chi connectivity index (χ0) is 40.3. The molecule has 0 radical (unpaired) electrons. The number of benzene rings is 3. The lowest BCUT2D eigenvalue weighted by Crippen LogP contribution is -2.30. The zero-order valence-electron chi connectivity index (χ0n) is 31.5. The maximum absolute atomic E-state index is 13.3. The van der Waals surface area contributed by atoms with Gasteiger partial charge in [-0.3, -0.25) is 10.2 Å². The van der Waals surface area contributed by atoms with Gasteiger partial charge in [-0.2, -0.15) is 5.10 Å². The number of unbranched alkanes of at least 4 members (excludes halogenated alkanes) is 1. The van der Waals surface area contributed by atoms with Crippen molar-refractivity contribution < 1.29 is 52.3 Å². The average molecular weight is 788 g/mol. The van der Waals surface area contributed by atoms with Crippen LogP contribution in [0.3, 0.4) is 0 Å². The highest BCUT2D eigenvalue weighted by molar-refractivity contribution is 7.22. The van der Waals surface area contributed by atoms with Crippen molar-refractivity contribution in [2.24, 2.45) is 5.10 Å². The second kappa shape index (κ2) is 21.7. The van der Waals surface area contributed by atoms with Crippen LogP contribution in [-0.4, -0.2) is 79.8 Å². The van der Waals surface area contributed by atoms with E-state index in [-0.39, 0.29) is 44.2 Å². The van der Waals surface area contributed by atoms with Crippen LogP contribution in [0.4, 0.5) is 5.13 Å². The minimum atomic E-state index is -0.810. The Morgan fingerprint density at radius 3 is 2.29 bits per heavy atom. The van der Waals surface area contributed by atoms with Gasteiger partial charge in [0.15, 0.2) is 6.10 Å². The normalized spacial score (nSPS) is 11.7. The lowest BCUT2D eigenvalue weighted by atomic mass is 10.1. The Balaban J connectivity index is 1.36. The quantitative estimate of drug-likeness (QED) is 0.0163. The molecule has 14 nitrogen and oxygen atoms in total. The summed E-state index contributed by atoms with van der Waals surface area (Å²) in [5.74, 6) is -1.18. The Morgan fingerprint density at radius 1 is 0.875 bits per heavy atom. The number of thiazole rings is 1. The van der Waals surface area contributed by atoms with Gasteiger partial charge in [0.1, 0.15) is 36.1 Å². The van der Waals surface area contributed by atoms with Gasteiger partial charge in [-0.05, 0) is 88.2 Å². The molecule has 1 heterocycles. The second-order valence-corrected chi connectivity index (χ2v) is 13.9. The molecule has 1 atom stereocenters. The van der Waals surface area contributed by atoms with Gasteiger partial charge in [-0.25, -0.2) is 19.4 Å². The Labute approximate surface area is 329 Å². The third kappa shape index (κ3) is 15.0. The highest BCUT2D eigenvalue weighted by atomic mass is 32.1. The summed E-state index contributed by atoms with van der Waals surface area (Å²) in [6, 6.07) is 19.1. The molecule has 0 fully saturated rings. The maximum Gasteiger partial charge on any atom is 0.343 e. The SMILES string of the molecule is C=CC(=O)OCCCCOCC(COc1ccc(C(=O)Oc2ccc(OC(C)(C)C)cc2/C=N/Nc2nc3ccccc3s2)cc1)OC(=O)CCOC(=O)C=C. The Kier molecular flexibility index (Phi) is 16.6. The highest BCUT2D eigenvalue weighted by Crippen LogP contribution is 2.28. The predicted molar refractivity (Wildman–Crippen MR) is 211 cm³/mol. The van der Waals surface area contributed by atoms with Crippen LogP contribution < -0.4 is 19.6 Å². The van der Waals surface area contributed by atoms with E-state index in [1.165, 1.54) is 17.6 Å². The van der Waals surface area contributed by atoms with E-state index in [4.69, 9.17) is 33.2 Å². The molecule has 4 aromatic rings. The molecule has 56 heavy (non-hydrogen) atoms. The molecule has 0 amide bonds. The van der Waals surface area contributed by atoms with Crippen LogP contribution in [0.15, 0.2) is 97.1 Å². The van der Waals surface area contributed by atoms with Crippen molar-refractivity contribution in [1.29, 1.82) is 0 Å². The van der Waals surface area contributed by atoms with Crippen molar-refractivity contribution in [3.63, 3.8) is 0 Å². The minimum absolute atomic E-state index is 0.0103. The summed E-state index contributed by atoms with van der Waals surface area (Å²) in [6.07, 6.45) is 3.79. The Hall–Kier alpha value is -6.06. The highest BCUT2D eigenvalue weighted by Gasteiger charge is 2.19. The van der Waals surface area contributed by atoms with Gasteiger partial charge in [0.05, 0.1) is 41.6 Å². The van der Waals surface area contributed by atoms with Crippen molar-refractivity contribution in [2.45, 2.75) is 51.7 Å². The summed E-state index contributed by atoms with van der Waals surface area (Å²) in [5.41, 5.74) is 4.09. The van der Waals surface area contributed by atoms with Crippen LogP contribution in [0.5, 0.6) is 17.2 Å². The van der Waals surface area contributed by atoms with Gasteiger partial charge in [0, 0.05) is 24.3 Å². The van der Waals surface area contributed by atoms with E-state index < -0.39 is 35.6 Å². The van der Waals surface area contributed by atoms with Crippen LogP contribution in [0.1, 0.15) is 56.0 Å². The summed E-state index contributed by atoms with van der Waals surface area (Å²) >= 11 is 1.46. The van der Waals surface area contributed by atoms with Crippen LogP contribution in [0.2, 0.25) is 0 Å². The first-order chi connectivity index (χ1) is 26.9. The van der Waals surface area contributed by atoms with Crippen LogP contribution in [-0.2, 0) is 33.3 Å². The molecular weight excluding hydrogens is 743 g/mol. The smallest absolute Gasteiger partial charge is 0.343 e. The van der Waals surface area contributed by atoms with Gasteiger partial charge >= 0.3 is 23.9 Å². The third-order valence-electron chi connectivity index (χ3n) is 7.20. The van der Waals surface area contributed by atoms with Crippen molar-refractivity contribution in [1.82, 2.24) is 4.98 Å². The first-order valence-electron chi connectivity index (χ1n) is 17.7. The molecule has 15 heteroatoms. The van der Waals surface area contributed by atoms with Crippen molar-refractivity contribution in [2.75, 3.05) is 38.5 Å². The fourth-order valence-electron chi connectivity index (χ4n) is 4.66. The Morgan fingerprint density at radius 2 is 1.57 bits per heavy atom. The molecule has 0 aliphatic carbocycles. The summed E-state index contributed by atoms with van der Waals surface area (Å²) in [7, 11) is 0. The van der Waals surface area contributed by atoms with E-state index in [0.717, 1.165) is 22.4 Å². The number of carbonyl (C=O) groups is 4. The molecule has 1 aromatic heterocycles. The first kappa shape index (κ1) is 42.7. The lowest BCUT2D eigenvalue weighted by molar-refractivity contribution is -0.156. The molecule has 0 spiro atoms. The van der Waals surface area contributed by atoms with E-state index in [9.17, 15) is 19.2 Å². The second-order valence-electron chi connectivity index (χ2n) is 12.9. The molecule has 1 N–H and O–H groups in total. The van der Waals surface area contributed by atoms with Gasteiger partial charge < -0.3 is 33.2 Å². The van der Waals surface area contributed by atoms with Gasteiger partial charge in [0.2, 0.25) is 5.13 Å². The summed E-state index contributed by atoms with van der Waals surface area (Å²) in [5, 5.41) is 4.95. The Bertz CT molecular complexity index is 1950. The number of aromatic nitrogens is 1. The maximum atomic E-state index is 13.3. The molecular formula is C41H45N3O11S. The topological polar surface area (TPSA) is 170 Å². The fourth-order valence-corrected chi connectivity index (χ4v) is 5.47. The zero-order valence-corrected chi connectivity index (χ0v) is 32.3. The van der Waals surface area contributed by atoms with Crippen LogP contribution >= 0.6 is 11.3 Å². The molecule has 296 valence electrons. The van der Waals surface area contributed by atoms with Crippen molar-refractivity contribution in [3.8, 4) is 17.2 Å². The molecule has 0 bridgehead atoms. The number of hydrogen-bond donors (Lipinski definition) is 1. The molecule has 0 aliphatic heterocycles. The number of fused-ring (bicyclic) bond motifs is 1. The van der Waals surface area contributed by atoms with E-state index in [0.29, 0.717) is 41.6 Å². The van der Waals surface area contributed by atoms with Gasteiger partial charge in [-0.1, -0.05) is 36.6 Å². The first-order valence-corrected chi connectivity index (χ1v) is 18.5. The molecule has 3 aromatic carbocycles. The predicted octanol–water partition coefficient (Wildman–Crippen LogP) is 7.07. The van der Waals surface area contributed by atoms with Crippen molar-refractivity contribution in [3.05, 3.63) is 103 Å². The molecule has 4 rings (SSSR count). The number of hydrogen-bond acceptors (Lipinski definition) is 15. The lowest BCUT2D eigenvalue weighted by Gasteiger charge is -2.21. The molecule has 0 saturated carbocycles. The fraction of sp³-hybridized carbons (Fsp3) is 0.317. The number of nitrogens with one attached hydrogen (secondary N) is 1. The third-order valence-corrected chi connectivity index (χ3v) is 8.15. The van der Waals surface area contributed by atoms with Crippen LogP contribution in [0.25, 0.3) is 10.2 Å². The average Bonchev–Trinajstić information content (AvgIpc) is 3.59. The summed E-state index contributed by atoms with van der Waals surface area (Å²) in [6.45, 7) is 12.8. The number of nitrogens with zero attached hydrogens (tertiary/aromatic N) is 2. The summed E-state index contributed by atoms with van der Waals surface area (Å²) in [4.78, 5) is 52.7. The molecule has 0 saturated heterocycles. The largest absolute Gasteiger partial charge is 0.490 e. The number of para-hydroxylation sites is 1. The van der Waals surface area contributed by atoms with Gasteiger partial charge in [0.25, 0.3) is 0 Å². The van der Waals surface area contributed by atoms with E-state index in [1.54, 1.807) is 42.5 Å². The van der Waals surface area contributed by atoms with Crippen LogP contribution in [0, 0.1) is 0 Å². The monoisotopic (exact) mass is 787 g/mol. The number of anilines is 1. The van der Waals surface area contributed by atoms with E-state index in [2.05, 4.69) is 28.7 Å². The number of hydrazone groups is 1. The number of carbonyl (C=O) groups excluding carboxylic acids is 4. The van der Waals surface area contributed by atoms with E-state index in [1.807, 2.05) is 45.0 Å². The van der Waals surface area contributed by atoms with Gasteiger partial charge in [-0.15, -0.1) is 0 Å². The van der Waals surface area contributed by atoms with Crippen molar-refractivity contribution >= 4 is 56.8 Å².